The van der Waals surface area contributed by atoms with E-state index in [0.717, 1.165) is 24.1 Å². The van der Waals surface area contributed by atoms with E-state index in [-0.39, 0.29) is 5.91 Å². The van der Waals surface area contributed by atoms with Crippen LogP contribution in [0.15, 0.2) is 55.1 Å². The van der Waals surface area contributed by atoms with Gasteiger partial charge >= 0.3 is 0 Å². The molecular formula is C26H37N4O2+. The highest BCUT2D eigenvalue weighted by Crippen LogP contribution is 2.12. The van der Waals surface area contributed by atoms with Gasteiger partial charge in [-0.05, 0) is 30.7 Å². The van der Waals surface area contributed by atoms with Gasteiger partial charge in [0.1, 0.15) is 0 Å². The lowest BCUT2D eigenvalue weighted by Crippen LogP contribution is -2.43. The molecule has 0 aliphatic rings. The van der Waals surface area contributed by atoms with E-state index >= 15 is 0 Å². The van der Waals surface area contributed by atoms with E-state index < -0.39 is 0 Å². The molecule has 6 nitrogen and oxygen atoms in total. The van der Waals surface area contributed by atoms with Gasteiger partial charge in [0.25, 0.3) is 5.91 Å². The average molecular weight is 438 g/mol. The third-order valence-electron chi connectivity index (χ3n) is 5.74. The summed E-state index contributed by atoms with van der Waals surface area (Å²) in [5.41, 5.74) is 2.71. The van der Waals surface area contributed by atoms with Crippen molar-refractivity contribution in [2.45, 2.75) is 78.1 Å². The van der Waals surface area contributed by atoms with Gasteiger partial charge in [0, 0.05) is 12.4 Å². The Hall–Kier alpha value is -2.73. The molecule has 0 radical (unpaired) electrons. The SMILES string of the molecule is CCCCCCCCCCCOCn1c[n+](CNC(=O)c2cccnc2)c2ccccc21. The molecule has 0 saturated heterocycles. The summed E-state index contributed by atoms with van der Waals surface area (Å²) in [5.74, 6) is -0.135. The van der Waals surface area contributed by atoms with Crippen molar-refractivity contribution in [3.63, 3.8) is 0 Å². The molecule has 172 valence electrons. The minimum absolute atomic E-state index is 0.135. The summed E-state index contributed by atoms with van der Waals surface area (Å²) >= 11 is 0. The molecule has 0 atom stereocenters. The topological polar surface area (TPSA) is 60.0 Å². The number of unbranched alkanes of at least 4 members (excludes halogenated alkanes) is 8. The molecule has 1 amide bonds. The Morgan fingerprint density at radius 3 is 2.50 bits per heavy atom. The zero-order valence-corrected chi connectivity index (χ0v) is 19.3. The van der Waals surface area contributed by atoms with Crippen molar-refractivity contribution in [3.05, 3.63) is 60.7 Å². The van der Waals surface area contributed by atoms with Crippen LogP contribution >= 0.6 is 0 Å². The number of pyridine rings is 1. The predicted octanol–water partition coefficient (Wildman–Crippen LogP) is 5.22. The number of fused-ring (bicyclic) bond motifs is 1. The maximum Gasteiger partial charge on any atom is 0.255 e. The molecule has 0 spiro atoms. The Balaban J connectivity index is 1.42. The lowest BCUT2D eigenvalue weighted by Gasteiger charge is -2.03. The molecule has 0 aliphatic carbocycles. The zero-order chi connectivity index (χ0) is 22.4. The Morgan fingerprint density at radius 1 is 1.00 bits per heavy atom. The Morgan fingerprint density at radius 2 is 1.75 bits per heavy atom. The number of hydrogen-bond donors (Lipinski definition) is 1. The number of para-hydroxylation sites is 2. The van der Waals surface area contributed by atoms with Crippen molar-refractivity contribution in [1.82, 2.24) is 14.9 Å². The summed E-state index contributed by atoms with van der Waals surface area (Å²) in [7, 11) is 0. The quantitative estimate of drug-likeness (QED) is 0.262. The highest BCUT2D eigenvalue weighted by Gasteiger charge is 2.16. The molecule has 0 fully saturated rings. The standard InChI is InChI=1S/C26H36N4O2/c1-2-3-4-5-6-7-8-9-12-18-32-22-30-21-29(24-15-10-11-16-25(24)30)20-28-26(31)23-14-13-17-27-19-23/h10-11,13-17,19,21H,2-9,12,18,20,22H2,1H3/p+1. The number of ether oxygens (including phenoxy) is 1. The largest absolute Gasteiger partial charge is 0.342 e. The van der Waals surface area contributed by atoms with Crippen molar-refractivity contribution in [1.29, 1.82) is 0 Å². The molecule has 1 aromatic carbocycles. The lowest BCUT2D eigenvalue weighted by molar-refractivity contribution is -0.675. The molecule has 3 rings (SSSR count). The number of aromatic nitrogens is 3. The highest BCUT2D eigenvalue weighted by atomic mass is 16.5. The summed E-state index contributed by atoms with van der Waals surface area (Å²) in [6, 6.07) is 11.7. The first-order valence-corrected chi connectivity index (χ1v) is 12.0. The van der Waals surface area contributed by atoms with Crippen molar-refractivity contribution in [2.24, 2.45) is 0 Å². The van der Waals surface area contributed by atoms with E-state index in [0.29, 0.717) is 19.0 Å². The molecular weight excluding hydrogens is 400 g/mol. The Labute approximate surface area is 191 Å². The summed E-state index contributed by atoms with van der Waals surface area (Å²) in [5, 5.41) is 2.96. The highest BCUT2D eigenvalue weighted by molar-refractivity contribution is 5.93. The number of amides is 1. The summed E-state index contributed by atoms with van der Waals surface area (Å²) in [6.45, 7) is 3.94. The summed E-state index contributed by atoms with van der Waals surface area (Å²) in [4.78, 5) is 16.4. The van der Waals surface area contributed by atoms with Crippen LogP contribution in [0.5, 0.6) is 0 Å². The van der Waals surface area contributed by atoms with Crippen LogP contribution in [0.3, 0.4) is 0 Å². The maximum absolute atomic E-state index is 12.3. The Kier molecular flexibility index (Phi) is 10.2. The smallest absolute Gasteiger partial charge is 0.255 e. The molecule has 2 heterocycles. The number of nitrogens with zero attached hydrogens (tertiary/aromatic N) is 3. The number of benzene rings is 1. The van der Waals surface area contributed by atoms with Gasteiger partial charge in [-0.25, -0.2) is 9.13 Å². The van der Waals surface area contributed by atoms with Crippen LogP contribution in [-0.4, -0.2) is 22.1 Å². The number of carbonyl (C=O) groups is 1. The van der Waals surface area contributed by atoms with Crippen LogP contribution < -0.4 is 9.88 Å². The molecule has 6 heteroatoms. The van der Waals surface area contributed by atoms with Gasteiger partial charge in [0.15, 0.2) is 24.4 Å². The van der Waals surface area contributed by atoms with E-state index in [1.54, 1.807) is 24.5 Å². The minimum atomic E-state index is -0.135. The lowest BCUT2D eigenvalue weighted by atomic mass is 10.1. The molecule has 0 bridgehead atoms. The van der Waals surface area contributed by atoms with Crippen LogP contribution in [0.2, 0.25) is 0 Å². The molecule has 1 N–H and O–H groups in total. The fourth-order valence-corrected chi connectivity index (χ4v) is 3.91. The number of nitrogens with one attached hydrogen (secondary N) is 1. The Bertz CT molecular complexity index is 939. The van der Waals surface area contributed by atoms with Crippen LogP contribution in [0.25, 0.3) is 11.0 Å². The van der Waals surface area contributed by atoms with Crippen molar-refractivity contribution < 1.29 is 14.1 Å². The second kappa shape index (κ2) is 13.6. The van der Waals surface area contributed by atoms with E-state index in [1.807, 2.05) is 23.0 Å². The zero-order valence-electron chi connectivity index (χ0n) is 19.3. The first-order valence-electron chi connectivity index (χ1n) is 12.0. The van der Waals surface area contributed by atoms with Crippen LogP contribution in [0, 0.1) is 0 Å². The molecule has 0 aliphatic heterocycles. The van der Waals surface area contributed by atoms with Gasteiger partial charge in [0.2, 0.25) is 6.33 Å². The molecule has 32 heavy (non-hydrogen) atoms. The average Bonchev–Trinajstić information content (AvgIpc) is 3.19. The summed E-state index contributed by atoms with van der Waals surface area (Å²) in [6.07, 6.45) is 17.1. The number of rotatable bonds is 15. The van der Waals surface area contributed by atoms with E-state index in [1.165, 1.54) is 51.4 Å². The number of carbonyl (C=O) groups excluding carboxylic acids is 1. The second-order valence-corrected chi connectivity index (χ2v) is 8.32. The minimum Gasteiger partial charge on any atom is -0.342 e. The van der Waals surface area contributed by atoms with Crippen molar-refractivity contribution in [3.8, 4) is 0 Å². The van der Waals surface area contributed by atoms with Crippen molar-refractivity contribution >= 4 is 16.9 Å². The van der Waals surface area contributed by atoms with Gasteiger partial charge < -0.3 is 10.1 Å². The molecule has 3 aromatic rings. The molecule has 0 unspecified atom stereocenters. The van der Waals surface area contributed by atoms with Gasteiger partial charge in [0.05, 0.1) is 12.2 Å². The van der Waals surface area contributed by atoms with Gasteiger partial charge in [-0.1, -0.05) is 70.4 Å². The second-order valence-electron chi connectivity index (χ2n) is 8.32. The monoisotopic (exact) mass is 437 g/mol. The first-order chi connectivity index (χ1) is 15.8. The first kappa shape index (κ1) is 23.9. The van der Waals surface area contributed by atoms with Gasteiger partial charge in [-0.2, -0.15) is 0 Å². The fraction of sp³-hybridized carbons (Fsp3) is 0.500. The fourth-order valence-electron chi connectivity index (χ4n) is 3.91. The predicted molar refractivity (Wildman–Crippen MR) is 127 cm³/mol. The van der Waals surface area contributed by atoms with Gasteiger partial charge in [-0.3, -0.25) is 9.78 Å². The summed E-state index contributed by atoms with van der Waals surface area (Å²) < 4.78 is 10.1. The number of imidazole rings is 1. The normalized spacial score (nSPS) is 11.2. The van der Waals surface area contributed by atoms with Crippen LogP contribution in [0.4, 0.5) is 0 Å². The van der Waals surface area contributed by atoms with Crippen molar-refractivity contribution in [2.75, 3.05) is 6.61 Å². The number of hydrogen-bond acceptors (Lipinski definition) is 3. The molecule has 2 aromatic heterocycles. The third-order valence-corrected chi connectivity index (χ3v) is 5.74. The van der Waals surface area contributed by atoms with E-state index in [9.17, 15) is 4.79 Å². The van der Waals surface area contributed by atoms with E-state index in [4.69, 9.17) is 4.74 Å². The van der Waals surface area contributed by atoms with E-state index in [2.05, 4.69) is 33.9 Å². The van der Waals surface area contributed by atoms with Crippen LogP contribution in [0.1, 0.15) is 75.1 Å². The molecule has 0 saturated carbocycles. The maximum atomic E-state index is 12.3. The third kappa shape index (κ3) is 7.45. The van der Waals surface area contributed by atoms with Gasteiger partial charge in [-0.15, -0.1) is 0 Å². The van der Waals surface area contributed by atoms with Crippen LogP contribution in [-0.2, 0) is 18.1 Å².